The van der Waals surface area contributed by atoms with Crippen LogP contribution in [-0.2, 0) is 10.4 Å². The van der Waals surface area contributed by atoms with Gasteiger partial charge in [-0.25, -0.2) is 0 Å². The van der Waals surface area contributed by atoms with Gasteiger partial charge in [0.15, 0.2) is 5.60 Å². The van der Waals surface area contributed by atoms with E-state index in [0.29, 0.717) is 17.7 Å². The Hall–Kier alpha value is -1.65. The molecule has 4 heteroatoms. The van der Waals surface area contributed by atoms with Gasteiger partial charge in [-0.15, -0.1) is 0 Å². The second-order valence-electron chi connectivity index (χ2n) is 6.05. The lowest BCUT2D eigenvalue weighted by Crippen LogP contribution is -2.41. The summed E-state index contributed by atoms with van der Waals surface area (Å²) in [7, 11) is 0. The standard InChI is InChI=1S/C19H20BrNO2/c1-3-4-11-21-17-10-9-15(20)12-16(17)19(23,18(21)22)14-7-5-13(2)6-8-14/h5-10,12,23H,3-4,11H2,1-2H3/t19-/m0/s1. The first-order valence-electron chi connectivity index (χ1n) is 7.90. The third-order valence-corrected chi connectivity index (χ3v) is 4.89. The first kappa shape index (κ1) is 16.2. The van der Waals surface area contributed by atoms with Crippen LogP contribution >= 0.6 is 15.9 Å². The molecule has 120 valence electrons. The van der Waals surface area contributed by atoms with Crippen molar-refractivity contribution in [2.75, 3.05) is 11.4 Å². The van der Waals surface area contributed by atoms with Gasteiger partial charge in [-0.3, -0.25) is 4.79 Å². The van der Waals surface area contributed by atoms with E-state index < -0.39 is 5.60 Å². The summed E-state index contributed by atoms with van der Waals surface area (Å²) in [5.41, 5.74) is 1.55. The van der Waals surface area contributed by atoms with Crippen molar-refractivity contribution in [3.8, 4) is 0 Å². The SMILES string of the molecule is CCCCN1C(=O)[C@](O)(c2ccc(C)cc2)c2cc(Br)ccc21. The van der Waals surface area contributed by atoms with E-state index in [4.69, 9.17) is 0 Å². The van der Waals surface area contributed by atoms with Gasteiger partial charge in [-0.05, 0) is 37.1 Å². The third-order valence-electron chi connectivity index (χ3n) is 4.40. The first-order valence-corrected chi connectivity index (χ1v) is 8.69. The smallest absolute Gasteiger partial charge is 0.268 e. The number of benzene rings is 2. The van der Waals surface area contributed by atoms with E-state index in [1.807, 2.05) is 49.4 Å². The van der Waals surface area contributed by atoms with E-state index in [-0.39, 0.29) is 5.91 Å². The van der Waals surface area contributed by atoms with Crippen LogP contribution in [-0.4, -0.2) is 17.6 Å². The molecule has 1 aliphatic heterocycles. The highest BCUT2D eigenvalue weighted by atomic mass is 79.9. The summed E-state index contributed by atoms with van der Waals surface area (Å²) < 4.78 is 0.854. The molecule has 3 rings (SSSR count). The number of aryl methyl sites for hydroxylation is 1. The number of fused-ring (bicyclic) bond motifs is 1. The average Bonchev–Trinajstić information content (AvgIpc) is 2.75. The molecule has 0 aliphatic carbocycles. The van der Waals surface area contributed by atoms with Crippen LogP contribution in [0.1, 0.15) is 36.5 Å². The zero-order valence-electron chi connectivity index (χ0n) is 13.3. The highest BCUT2D eigenvalue weighted by Crippen LogP contribution is 2.45. The Morgan fingerprint density at radius 3 is 2.52 bits per heavy atom. The van der Waals surface area contributed by atoms with Gasteiger partial charge >= 0.3 is 0 Å². The predicted molar refractivity (Wildman–Crippen MR) is 95.6 cm³/mol. The molecule has 1 atom stereocenters. The van der Waals surface area contributed by atoms with E-state index in [1.165, 1.54) is 0 Å². The topological polar surface area (TPSA) is 40.5 Å². The fraction of sp³-hybridized carbons (Fsp3) is 0.316. The van der Waals surface area contributed by atoms with Crippen molar-refractivity contribution in [2.24, 2.45) is 0 Å². The molecule has 0 radical (unpaired) electrons. The van der Waals surface area contributed by atoms with Crippen LogP contribution in [0.25, 0.3) is 0 Å². The lowest BCUT2D eigenvalue weighted by Gasteiger charge is -2.24. The first-order chi connectivity index (χ1) is 11.0. The van der Waals surface area contributed by atoms with Crippen molar-refractivity contribution in [2.45, 2.75) is 32.3 Å². The second kappa shape index (κ2) is 6.10. The third kappa shape index (κ3) is 2.60. The maximum Gasteiger partial charge on any atom is 0.268 e. The Labute approximate surface area is 145 Å². The number of hydrogen-bond acceptors (Lipinski definition) is 2. The second-order valence-corrected chi connectivity index (χ2v) is 6.96. The van der Waals surface area contributed by atoms with Crippen LogP contribution in [0, 0.1) is 6.92 Å². The summed E-state index contributed by atoms with van der Waals surface area (Å²) in [5, 5.41) is 11.4. The van der Waals surface area contributed by atoms with Gasteiger partial charge in [0.1, 0.15) is 0 Å². The number of aliphatic hydroxyl groups is 1. The summed E-state index contributed by atoms with van der Waals surface area (Å²) in [6.45, 7) is 4.70. The molecule has 0 bridgehead atoms. The zero-order valence-corrected chi connectivity index (χ0v) is 14.9. The number of carbonyl (C=O) groups excluding carboxylic acids is 1. The molecule has 0 aromatic heterocycles. The van der Waals surface area contributed by atoms with Crippen molar-refractivity contribution < 1.29 is 9.90 Å². The Bertz CT molecular complexity index is 742. The molecule has 1 heterocycles. The van der Waals surface area contributed by atoms with Crippen LogP contribution in [0.4, 0.5) is 5.69 Å². The van der Waals surface area contributed by atoms with Crippen LogP contribution in [0.15, 0.2) is 46.9 Å². The monoisotopic (exact) mass is 373 g/mol. The number of unbranched alkanes of at least 4 members (excludes halogenated alkanes) is 1. The van der Waals surface area contributed by atoms with Crippen molar-refractivity contribution in [1.29, 1.82) is 0 Å². The van der Waals surface area contributed by atoms with Gasteiger partial charge in [-0.2, -0.15) is 0 Å². The summed E-state index contributed by atoms with van der Waals surface area (Å²) in [5.74, 6) is -0.261. The molecular formula is C19H20BrNO2. The van der Waals surface area contributed by atoms with Gasteiger partial charge in [0.05, 0.1) is 5.69 Å². The summed E-state index contributed by atoms with van der Waals surface area (Å²) in [6.07, 6.45) is 1.91. The van der Waals surface area contributed by atoms with Gasteiger partial charge in [-0.1, -0.05) is 59.1 Å². The van der Waals surface area contributed by atoms with Gasteiger partial charge in [0.25, 0.3) is 5.91 Å². The Kier molecular flexibility index (Phi) is 4.30. The fourth-order valence-electron chi connectivity index (χ4n) is 3.07. The molecule has 1 N–H and O–H groups in total. The molecule has 0 saturated carbocycles. The molecule has 3 nitrogen and oxygen atoms in total. The van der Waals surface area contributed by atoms with Crippen molar-refractivity contribution in [3.63, 3.8) is 0 Å². The lowest BCUT2D eigenvalue weighted by atomic mass is 9.87. The molecule has 0 saturated heterocycles. The molecule has 23 heavy (non-hydrogen) atoms. The number of carbonyl (C=O) groups is 1. The molecule has 0 unspecified atom stereocenters. The van der Waals surface area contributed by atoms with E-state index in [2.05, 4.69) is 22.9 Å². The minimum absolute atomic E-state index is 0.261. The Balaban J connectivity index is 2.15. The maximum atomic E-state index is 13.0. The van der Waals surface area contributed by atoms with Crippen molar-refractivity contribution in [1.82, 2.24) is 0 Å². The zero-order chi connectivity index (χ0) is 16.6. The number of rotatable bonds is 4. The van der Waals surface area contributed by atoms with Crippen molar-refractivity contribution >= 4 is 27.5 Å². The average molecular weight is 374 g/mol. The highest BCUT2D eigenvalue weighted by Gasteiger charge is 2.50. The van der Waals surface area contributed by atoms with Crippen LogP contribution in [0.3, 0.4) is 0 Å². The van der Waals surface area contributed by atoms with Gasteiger partial charge < -0.3 is 10.0 Å². The number of anilines is 1. The number of nitrogens with zero attached hydrogens (tertiary/aromatic N) is 1. The molecule has 2 aromatic carbocycles. The molecule has 2 aromatic rings. The Morgan fingerprint density at radius 1 is 1.17 bits per heavy atom. The lowest BCUT2D eigenvalue weighted by molar-refractivity contribution is -0.132. The summed E-state index contributed by atoms with van der Waals surface area (Å²) in [4.78, 5) is 14.8. The quantitative estimate of drug-likeness (QED) is 0.874. The minimum atomic E-state index is -1.61. The Morgan fingerprint density at radius 2 is 1.87 bits per heavy atom. The number of halogens is 1. The van der Waals surface area contributed by atoms with Gasteiger partial charge in [0.2, 0.25) is 0 Å². The van der Waals surface area contributed by atoms with E-state index in [0.717, 1.165) is 28.6 Å². The van der Waals surface area contributed by atoms with Crippen LogP contribution in [0.2, 0.25) is 0 Å². The maximum absolute atomic E-state index is 13.0. The molecular weight excluding hydrogens is 354 g/mol. The van der Waals surface area contributed by atoms with E-state index >= 15 is 0 Å². The minimum Gasteiger partial charge on any atom is -0.372 e. The normalized spacial score (nSPS) is 20.0. The van der Waals surface area contributed by atoms with Crippen LogP contribution in [0.5, 0.6) is 0 Å². The molecule has 1 aliphatic rings. The molecule has 0 fully saturated rings. The number of amides is 1. The summed E-state index contributed by atoms with van der Waals surface area (Å²) in [6, 6.07) is 13.2. The molecule has 0 spiro atoms. The fourth-order valence-corrected chi connectivity index (χ4v) is 3.43. The van der Waals surface area contributed by atoms with Crippen LogP contribution < -0.4 is 4.90 Å². The van der Waals surface area contributed by atoms with Gasteiger partial charge in [0, 0.05) is 16.6 Å². The van der Waals surface area contributed by atoms with E-state index in [9.17, 15) is 9.90 Å². The van der Waals surface area contributed by atoms with Crippen molar-refractivity contribution in [3.05, 3.63) is 63.6 Å². The van der Waals surface area contributed by atoms with E-state index in [1.54, 1.807) is 4.90 Å². The summed E-state index contributed by atoms with van der Waals surface area (Å²) >= 11 is 3.45. The largest absolute Gasteiger partial charge is 0.372 e. The predicted octanol–water partition coefficient (Wildman–Crippen LogP) is 4.14. The number of hydrogen-bond donors (Lipinski definition) is 1. The highest BCUT2D eigenvalue weighted by molar-refractivity contribution is 9.10. The molecule has 1 amide bonds.